The molecule has 0 radical (unpaired) electrons. The molecule has 0 fully saturated rings. The molecule has 8 nitrogen and oxygen atoms in total. The second-order valence-electron chi connectivity index (χ2n) is 6.41. The van der Waals surface area contributed by atoms with Gasteiger partial charge in [-0.2, -0.15) is 0 Å². The molecule has 0 saturated carbocycles. The van der Waals surface area contributed by atoms with Gasteiger partial charge in [0.2, 0.25) is 0 Å². The Labute approximate surface area is 176 Å². The smallest absolute Gasteiger partial charge is 0.319 e. The molecule has 162 valence electrons. The summed E-state index contributed by atoms with van der Waals surface area (Å²) >= 11 is 0. The van der Waals surface area contributed by atoms with Gasteiger partial charge in [-0.25, -0.2) is 9.18 Å². The van der Waals surface area contributed by atoms with Crippen molar-refractivity contribution in [1.29, 1.82) is 0 Å². The second-order valence-corrected chi connectivity index (χ2v) is 6.41. The first-order valence-electron chi connectivity index (χ1n) is 9.27. The molecule has 2 aromatic carbocycles. The van der Waals surface area contributed by atoms with Gasteiger partial charge in [-0.05, 0) is 30.7 Å². The highest BCUT2D eigenvalue weighted by molar-refractivity contribution is 6.01. The number of urea groups is 1. The van der Waals surface area contributed by atoms with E-state index >= 15 is 0 Å². The molecular formula is C21H20F2N4O4. The lowest BCUT2D eigenvalue weighted by Crippen LogP contribution is -2.30. The number of fused-ring (bicyclic) bond motifs is 1. The van der Waals surface area contributed by atoms with Crippen molar-refractivity contribution in [3.8, 4) is 17.2 Å². The molecular weight excluding hydrogens is 410 g/mol. The Morgan fingerprint density at radius 2 is 1.97 bits per heavy atom. The molecule has 4 N–H and O–H groups in total. The summed E-state index contributed by atoms with van der Waals surface area (Å²) in [6, 6.07) is 7.86. The van der Waals surface area contributed by atoms with E-state index in [-0.39, 0.29) is 35.7 Å². The third-order valence-electron chi connectivity index (χ3n) is 4.30. The Morgan fingerprint density at radius 3 is 2.65 bits per heavy atom. The van der Waals surface area contributed by atoms with Crippen LogP contribution in [0.2, 0.25) is 0 Å². The molecule has 0 atom stereocenters. The quantitative estimate of drug-likeness (QED) is 0.471. The van der Waals surface area contributed by atoms with Gasteiger partial charge in [0.05, 0.1) is 30.6 Å². The SMILES string of the molecule is COc1cc2nccc(Oc3ccc(NC(=O)NCCCF)c(F)c3)c2cc1C(N)=O. The molecule has 0 unspecified atom stereocenters. The Hall–Kier alpha value is -3.95. The number of ether oxygens (including phenoxy) is 2. The molecule has 1 heterocycles. The van der Waals surface area contributed by atoms with Gasteiger partial charge in [-0.15, -0.1) is 0 Å². The number of hydrogen-bond acceptors (Lipinski definition) is 5. The average Bonchev–Trinajstić information content (AvgIpc) is 2.75. The predicted octanol–water partition coefficient (Wildman–Crippen LogP) is 3.75. The van der Waals surface area contributed by atoms with Crippen molar-refractivity contribution in [3.63, 3.8) is 0 Å². The Bertz CT molecular complexity index is 1120. The fourth-order valence-electron chi connectivity index (χ4n) is 2.82. The van der Waals surface area contributed by atoms with Crippen LogP contribution in [0.1, 0.15) is 16.8 Å². The summed E-state index contributed by atoms with van der Waals surface area (Å²) in [5.74, 6) is -0.657. The number of nitrogens with two attached hydrogens (primary N) is 1. The molecule has 1 aromatic heterocycles. The Balaban J connectivity index is 1.84. The van der Waals surface area contributed by atoms with E-state index in [1.54, 1.807) is 12.1 Å². The third-order valence-corrected chi connectivity index (χ3v) is 4.30. The number of anilines is 1. The number of hydrogen-bond donors (Lipinski definition) is 3. The average molecular weight is 430 g/mol. The Kier molecular flexibility index (Phi) is 6.81. The van der Waals surface area contributed by atoms with Crippen molar-refractivity contribution in [1.82, 2.24) is 10.3 Å². The second kappa shape index (κ2) is 9.70. The van der Waals surface area contributed by atoms with Crippen LogP contribution in [0.25, 0.3) is 10.9 Å². The molecule has 10 heteroatoms. The fourth-order valence-corrected chi connectivity index (χ4v) is 2.82. The maximum absolute atomic E-state index is 14.4. The Morgan fingerprint density at radius 1 is 1.16 bits per heavy atom. The number of carbonyl (C=O) groups excluding carboxylic acids is 2. The number of pyridine rings is 1. The number of methoxy groups -OCH3 is 1. The minimum Gasteiger partial charge on any atom is -0.496 e. The van der Waals surface area contributed by atoms with Crippen molar-refractivity contribution in [3.05, 3.63) is 54.0 Å². The lowest BCUT2D eigenvalue weighted by atomic mass is 10.1. The van der Waals surface area contributed by atoms with E-state index in [9.17, 15) is 18.4 Å². The van der Waals surface area contributed by atoms with E-state index in [0.29, 0.717) is 16.7 Å². The zero-order valence-corrected chi connectivity index (χ0v) is 16.6. The summed E-state index contributed by atoms with van der Waals surface area (Å²) in [5.41, 5.74) is 5.99. The predicted molar refractivity (Wildman–Crippen MR) is 111 cm³/mol. The first-order chi connectivity index (χ1) is 14.9. The van der Waals surface area contributed by atoms with Crippen LogP contribution in [-0.4, -0.2) is 37.3 Å². The van der Waals surface area contributed by atoms with Crippen LogP contribution in [-0.2, 0) is 0 Å². The van der Waals surface area contributed by atoms with Crippen molar-refractivity contribution >= 4 is 28.5 Å². The number of nitrogens with one attached hydrogen (secondary N) is 2. The highest BCUT2D eigenvalue weighted by atomic mass is 19.1. The molecule has 0 aliphatic heterocycles. The number of nitrogens with zero attached hydrogens (tertiary/aromatic N) is 1. The molecule has 3 aromatic rings. The van der Waals surface area contributed by atoms with Crippen molar-refractivity contribution in [2.75, 3.05) is 25.6 Å². The zero-order valence-electron chi connectivity index (χ0n) is 16.6. The molecule has 0 aliphatic rings. The van der Waals surface area contributed by atoms with E-state index in [2.05, 4.69) is 15.6 Å². The standard InChI is InChI=1S/C21H20F2N4O4/c1-30-19-11-17-13(10-14(19)20(24)28)18(5-8-25-17)31-12-3-4-16(15(23)9-12)27-21(29)26-7-2-6-22/h3-5,8-11H,2,6-7H2,1H3,(H2,24,28)(H2,26,27,29). The van der Waals surface area contributed by atoms with Gasteiger partial charge < -0.3 is 25.8 Å². The molecule has 31 heavy (non-hydrogen) atoms. The van der Waals surface area contributed by atoms with Gasteiger partial charge in [0.25, 0.3) is 5.91 Å². The summed E-state index contributed by atoms with van der Waals surface area (Å²) in [5, 5.41) is 5.24. The number of benzene rings is 2. The molecule has 0 bridgehead atoms. The minimum absolute atomic E-state index is 0.0644. The van der Waals surface area contributed by atoms with Crippen molar-refractivity contribution in [2.45, 2.75) is 6.42 Å². The highest BCUT2D eigenvalue weighted by Crippen LogP contribution is 2.34. The van der Waals surface area contributed by atoms with Crippen LogP contribution in [0, 0.1) is 5.82 Å². The number of alkyl halides is 1. The van der Waals surface area contributed by atoms with Crippen molar-refractivity contribution < 1.29 is 27.8 Å². The van der Waals surface area contributed by atoms with Crippen molar-refractivity contribution in [2.24, 2.45) is 5.73 Å². The molecule has 0 aliphatic carbocycles. The third kappa shape index (κ3) is 5.16. The largest absolute Gasteiger partial charge is 0.496 e. The summed E-state index contributed by atoms with van der Waals surface area (Å²) in [7, 11) is 1.41. The van der Waals surface area contributed by atoms with Gasteiger partial charge >= 0.3 is 6.03 Å². The van der Waals surface area contributed by atoms with Gasteiger partial charge in [-0.1, -0.05) is 0 Å². The van der Waals surface area contributed by atoms with Crippen LogP contribution < -0.4 is 25.8 Å². The molecule has 3 amide bonds. The van der Waals surface area contributed by atoms with Gasteiger partial charge in [0.1, 0.15) is 23.1 Å². The summed E-state index contributed by atoms with van der Waals surface area (Å²) in [6.07, 6.45) is 1.67. The molecule has 3 rings (SSSR count). The van der Waals surface area contributed by atoms with Crippen LogP contribution in [0.4, 0.5) is 19.3 Å². The minimum atomic E-state index is -0.726. The number of rotatable bonds is 8. The normalized spacial score (nSPS) is 10.5. The first kappa shape index (κ1) is 21.8. The highest BCUT2D eigenvalue weighted by Gasteiger charge is 2.15. The van der Waals surface area contributed by atoms with Crippen LogP contribution >= 0.6 is 0 Å². The summed E-state index contributed by atoms with van der Waals surface area (Å²) < 4.78 is 37.4. The number of halogens is 2. The van der Waals surface area contributed by atoms with Crippen LogP contribution in [0.15, 0.2) is 42.6 Å². The van der Waals surface area contributed by atoms with E-state index in [1.165, 1.54) is 31.5 Å². The fraction of sp³-hybridized carbons (Fsp3) is 0.190. The van der Waals surface area contributed by atoms with Crippen LogP contribution in [0.5, 0.6) is 17.2 Å². The molecule has 0 spiro atoms. The first-order valence-corrected chi connectivity index (χ1v) is 9.27. The van der Waals surface area contributed by atoms with Gasteiger partial charge in [-0.3, -0.25) is 14.2 Å². The lowest BCUT2D eigenvalue weighted by Gasteiger charge is -2.13. The molecule has 0 saturated heterocycles. The zero-order chi connectivity index (χ0) is 22.4. The summed E-state index contributed by atoms with van der Waals surface area (Å²) in [6.45, 7) is -0.420. The van der Waals surface area contributed by atoms with E-state index in [0.717, 1.165) is 6.07 Å². The monoisotopic (exact) mass is 430 g/mol. The number of amides is 3. The lowest BCUT2D eigenvalue weighted by molar-refractivity contribution is 0.0997. The number of aromatic nitrogens is 1. The van der Waals surface area contributed by atoms with E-state index < -0.39 is 24.4 Å². The summed E-state index contributed by atoms with van der Waals surface area (Å²) in [4.78, 5) is 27.6. The maximum Gasteiger partial charge on any atom is 0.319 e. The van der Waals surface area contributed by atoms with E-state index in [4.69, 9.17) is 15.2 Å². The van der Waals surface area contributed by atoms with Gasteiger partial charge in [0, 0.05) is 30.3 Å². The van der Waals surface area contributed by atoms with Crippen LogP contribution in [0.3, 0.4) is 0 Å². The maximum atomic E-state index is 14.4. The topological polar surface area (TPSA) is 116 Å². The number of carbonyl (C=O) groups is 2. The van der Waals surface area contributed by atoms with E-state index in [1.807, 2.05) is 0 Å². The van der Waals surface area contributed by atoms with Gasteiger partial charge in [0.15, 0.2) is 0 Å². The number of primary amides is 1.